The number of carbonyl (C=O) groups is 2. The second-order valence-corrected chi connectivity index (χ2v) is 4.18. The molecule has 0 aliphatic carbocycles. The fourth-order valence-corrected chi connectivity index (χ4v) is 1.40. The highest BCUT2D eigenvalue weighted by molar-refractivity contribution is 5.78. The highest BCUT2D eigenvalue weighted by Gasteiger charge is 2.35. The number of esters is 2. The quantitative estimate of drug-likeness (QED) is 0.668. The minimum atomic E-state index is -0.439. The minimum Gasteiger partial charge on any atom is -0.462 e. The first-order valence-corrected chi connectivity index (χ1v) is 5.38. The summed E-state index contributed by atoms with van der Waals surface area (Å²) in [5.41, 5.74) is -0.439. The van der Waals surface area contributed by atoms with Gasteiger partial charge in [0.2, 0.25) is 0 Å². The van der Waals surface area contributed by atoms with Crippen molar-refractivity contribution in [1.29, 1.82) is 0 Å². The van der Waals surface area contributed by atoms with E-state index in [4.69, 9.17) is 9.47 Å². The summed E-state index contributed by atoms with van der Waals surface area (Å²) in [4.78, 5) is 22.6. The molecule has 1 rings (SSSR count). The minimum absolute atomic E-state index is 0.190. The van der Waals surface area contributed by atoms with E-state index < -0.39 is 5.41 Å². The molecule has 1 saturated heterocycles. The van der Waals surface area contributed by atoms with Crippen molar-refractivity contribution in [2.75, 3.05) is 6.61 Å². The molecule has 0 N–H and O–H groups in total. The summed E-state index contributed by atoms with van der Waals surface area (Å²) in [5.74, 6) is -0.515. The highest BCUT2D eigenvalue weighted by Crippen LogP contribution is 2.28. The molecular formula is C11H18O4. The van der Waals surface area contributed by atoms with Gasteiger partial charge in [0, 0.05) is 0 Å². The molecule has 0 saturated carbocycles. The number of hydrogen-bond acceptors (Lipinski definition) is 4. The molecule has 86 valence electrons. The van der Waals surface area contributed by atoms with E-state index in [1.807, 2.05) is 20.8 Å². The van der Waals surface area contributed by atoms with E-state index in [1.165, 1.54) is 0 Å². The Morgan fingerprint density at radius 2 is 2.13 bits per heavy atom. The summed E-state index contributed by atoms with van der Waals surface area (Å²) in [6, 6.07) is 0. The average Bonchev–Trinajstić information content (AvgIpc) is 2.62. The van der Waals surface area contributed by atoms with Gasteiger partial charge in [-0.15, -0.1) is 0 Å². The lowest BCUT2D eigenvalue weighted by atomic mass is 9.85. The maximum absolute atomic E-state index is 11.8. The van der Waals surface area contributed by atoms with Gasteiger partial charge in [-0.05, 0) is 19.8 Å². The lowest BCUT2D eigenvalue weighted by Gasteiger charge is -2.25. The second kappa shape index (κ2) is 4.64. The van der Waals surface area contributed by atoms with Crippen molar-refractivity contribution in [3.8, 4) is 0 Å². The number of rotatable bonds is 4. The van der Waals surface area contributed by atoms with E-state index in [-0.39, 0.29) is 31.1 Å². The van der Waals surface area contributed by atoms with Gasteiger partial charge in [-0.25, -0.2) is 0 Å². The zero-order valence-electron chi connectivity index (χ0n) is 9.54. The van der Waals surface area contributed by atoms with Crippen molar-refractivity contribution in [1.82, 2.24) is 0 Å². The van der Waals surface area contributed by atoms with Crippen LogP contribution in [0.1, 0.15) is 40.0 Å². The zero-order chi connectivity index (χ0) is 11.5. The van der Waals surface area contributed by atoms with Crippen molar-refractivity contribution in [2.45, 2.75) is 46.1 Å². The van der Waals surface area contributed by atoms with E-state index in [0.717, 1.165) is 12.8 Å². The summed E-state index contributed by atoms with van der Waals surface area (Å²) in [6.45, 7) is 6.00. The third kappa shape index (κ3) is 2.70. The summed E-state index contributed by atoms with van der Waals surface area (Å²) in [7, 11) is 0. The Bertz CT molecular complexity index is 255. The summed E-state index contributed by atoms with van der Waals surface area (Å²) in [5, 5.41) is 0. The standard InChI is InChI=1S/C11H18O4/c1-4-11(3,5-2)10(13)15-8-6-9(12)14-7-8/h8H,4-7H2,1-3H3. The van der Waals surface area contributed by atoms with Gasteiger partial charge in [0.15, 0.2) is 0 Å². The average molecular weight is 214 g/mol. The molecule has 0 bridgehead atoms. The Balaban J connectivity index is 2.51. The van der Waals surface area contributed by atoms with Crippen molar-refractivity contribution < 1.29 is 19.1 Å². The molecule has 0 aromatic carbocycles. The third-order valence-electron chi connectivity index (χ3n) is 3.15. The molecule has 4 heteroatoms. The first-order chi connectivity index (χ1) is 7.01. The normalized spacial score (nSPS) is 21.3. The topological polar surface area (TPSA) is 52.6 Å². The van der Waals surface area contributed by atoms with Crippen LogP contribution in [0.2, 0.25) is 0 Å². The maximum Gasteiger partial charge on any atom is 0.312 e. The fraction of sp³-hybridized carbons (Fsp3) is 0.818. The molecule has 1 aliphatic heterocycles. The van der Waals surface area contributed by atoms with Crippen LogP contribution in [0.15, 0.2) is 0 Å². The predicted octanol–water partition coefficient (Wildman–Crippen LogP) is 1.67. The summed E-state index contributed by atoms with van der Waals surface area (Å²) in [6.07, 6.45) is 1.28. The highest BCUT2D eigenvalue weighted by atomic mass is 16.6. The Labute approximate surface area is 89.9 Å². The Hall–Kier alpha value is -1.06. The van der Waals surface area contributed by atoms with Crippen molar-refractivity contribution in [3.05, 3.63) is 0 Å². The smallest absolute Gasteiger partial charge is 0.312 e. The third-order valence-corrected chi connectivity index (χ3v) is 3.15. The SMILES string of the molecule is CCC(C)(CC)C(=O)OC1COC(=O)C1. The molecule has 0 aromatic rings. The van der Waals surface area contributed by atoms with Crippen LogP contribution in [0.5, 0.6) is 0 Å². The Morgan fingerprint density at radius 3 is 2.53 bits per heavy atom. The first kappa shape index (κ1) is 12.0. The molecule has 4 nitrogen and oxygen atoms in total. The number of cyclic esters (lactones) is 1. The van der Waals surface area contributed by atoms with Gasteiger partial charge in [0.25, 0.3) is 0 Å². The largest absolute Gasteiger partial charge is 0.462 e. The van der Waals surface area contributed by atoms with E-state index in [1.54, 1.807) is 0 Å². The van der Waals surface area contributed by atoms with E-state index >= 15 is 0 Å². The fourth-order valence-electron chi connectivity index (χ4n) is 1.40. The van der Waals surface area contributed by atoms with E-state index in [2.05, 4.69) is 0 Å². The maximum atomic E-state index is 11.8. The monoisotopic (exact) mass is 214 g/mol. The van der Waals surface area contributed by atoms with Crippen LogP contribution >= 0.6 is 0 Å². The molecule has 0 amide bonds. The Kier molecular flexibility index (Phi) is 3.72. The van der Waals surface area contributed by atoms with Crippen LogP contribution in [0.4, 0.5) is 0 Å². The number of hydrogen-bond donors (Lipinski definition) is 0. The van der Waals surface area contributed by atoms with Gasteiger partial charge >= 0.3 is 11.9 Å². The molecule has 1 fully saturated rings. The summed E-state index contributed by atoms with van der Waals surface area (Å²) < 4.78 is 9.97. The van der Waals surface area contributed by atoms with Gasteiger partial charge < -0.3 is 9.47 Å². The van der Waals surface area contributed by atoms with Gasteiger partial charge in [-0.2, -0.15) is 0 Å². The van der Waals surface area contributed by atoms with Crippen LogP contribution < -0.4 is 0 Å². The molecule has 1 heterocycles. The summed E-state index contributed by atoms with van der Waals surface area (Å²) >= 11 is 0. The van der Waals surface area contributed by atoms with Crippen LogP contribution in [0.25, 0.3) is 0 Å². The molecule has 0 radical (unpaired) electrons. The van der Waals surface area contributed by atoms with Crippen LogP contribution in [0, 0.1) is 5.41 Å². The van der Waals surface area contributed by atoms with Gasteiger partial charge in [0.05, 0.1) is 11.8 Å². The van der Waals surface area contributed by atoms with Gasteiger partial charge in [-0.1, -0.05) is 13.8 Å². The Morgan fingerprint density at radius 1 is 1.53 bits per heavy atom. The van der Waals surface area contributed by atoms with Crippen molar-refractivity contribution in [2.24, 2.45) is 5.41 Å². The molecule has 1 aliphatic rings. The molecule has 1 unspecified atom stereocenters. The number of carbonyl (C=O) groups excluding carboxylic acids is 2. The van der Waals surface area contributed by atoms with Crippen LogP contribution in [0.3, 0.4) is 0 Å². The first-order valence-electron chi connectivity index (χ1n) is 5.38. The predicted molar refractivity (Wildman–Crippen MR) is 54.1 cm³/mol. The molecule has 15 heavy (non-hydrogen) atoms. The molecule has 1 atom stereocenters. The van der Waals surface area contributed by atoms with Crippen molar-refractivity contribution in [3.63, 3.8) is 0 Å². The van der Waals surface area contributed by atoms with Crippen molar-refractivity contribution >= 4 is 11.9 Å². The molecular weight excluding hydrogens is 196 g/mol. The lowest BCUT2D eigenvalue weighted by Crippen LogP contribution is -2.32. The van der Waals surface area contributed by atoms with Gasteiger partial charge in [-0.3, -0.25) is 9.59 Å². The van der Waals surface area contributed by atoms with Crippen LogP contribution in [-0.2, 0) is 19.1 Å². The second-order valence-electron chi connectivity index (χ2n) is 4.18. The van der Waals surface area contributed by atoms with Crippen LogP contribution in [-0.4, -0.2) is 24.6 Å². The van der Waals surface area contributed by atoms with E-state index in [9.17, 15) is 9.59 Å². The molecule has 0 spiro atoms. The lowest BCUT2D eigenvalue weighted by molar-refractivity contribution is -0.161. The van der Waals surface area contributed by atoms with E-state index in [0.29, 0.717) is 0 Å². The van der Waals surface area contributed by atoms with Gasteiger partial charge in [0.1, 0.15) is 12.7 Å². The molecule has 0 aromatic heterocycles. The number of ether oxygens (including phenoxy) is 2. The zero-order valence-corrected chi connectivity index (χ0v) is 9.54.